The second-order valence-electron chi connectivity index (χ2n) is 9.62. The van der Waals surface area contributed by atoms with Crippen molar-refractivity contribution in [2.75, 3.05) is 25.6 Å². The van der Waals surface area contributed by atoms with Gasteiger partial charge in [-0.1, -0.05) is 0 Å². The number of aryl methyl sites for hydroxylation is 1. The van der Waals surface area contributed by atoms with Gasteiger partial charge >= 0.3 is 0 Å². The lowest BCUT2D eigenvalue weighted by atomic mass is 9.92. The third-order valence-electron chi connectivity index (χ3n) is 7.11. The highest BCUT2D eigenvalue weighted by Crippen LogP contribution is 2.35. The van der Waals surface area contributed by atoms with Gasteiger partial charge in [0.15, 0.2) is 5.82 Å². The molecule has 2 aliphatic heterocycles. The quantitative estimate of drug-likeness (QED) is 0.647. The monoisotopic (exact) mass is 447 g/mol. The molecule has 0 spiro atoms. The van der Waals surface area contributed by atoms with Crippen LogP contribution >= 0.6 is 0 Å². The highest BCUT2D eigenvalue weighted by Gasteiger charge is 2.38. The summed E-state index contributed by atoms with van der Waals surface area (Å²) in [4.78, 5) is 19.1. The first-order valence-corrected chi connectivity index (χ1v) is 11.8. The lowest BCUT2D eigenvalue weighted by molar-refractivity contribution is -0.117. The Morgan fingerprint density at radius 2 is 1.97 bits per heavy atom. The number of likely N-dealkylation sites (N-methyl/N-ethyl adjacent to an activating group) is 1. The molecule has 33 heavy (non-hydrogen) atoms. The van der Waals surface area contributed by atoms with E-state index < -0.39 is 0 Å². The van der Waals surface area contributed by atoms with Crippen molar-refractivity contribution in [1.82, 2.24) is 19.5 Å². The maximum Gasteiger partial charge on any atom is 0.228 e. The molecule has 1 saturated carbocycles. The Morgan fingerprint density at radius 1 is 1.18 bits per heavy atom. The van der Waals surface area contributed by atoms with Gasteiger partial charge in [0.25, 0.3) is 0 Å². The number of carbonyl (C=O) groups excluding carboxylic acids is 1. The van der Waals surface area contributed by atoms with E-state index in [2.05, 4.69) is 39.5 Å². The minimum Gasteiger partial charge on any atom is -0.488 e. The molecule has 3 aliphatic rings. The summed E-state index contributed by atoms with van der Waals surface area (Å²) in [5, 5.41) is 7.43. The normalized spacial score (nSPS) is 25.2. The van der Waals surface area contributed by atoms with Crippen molar-refractivity contribution in [2.24, 2.45) is 5.92 Å². The highest BCUT2D eigenvalue weighted by atomic mass is 16.5. The lowest BCUT2D eigenvalue weighted by Gasteiger charge is -2.46. The predicted octanol–water partition coefficient (Wildman–Crippen LogP) is 3.29. The molecule has 1 aliphatic carbocycles. The van der Waals surface area contributed by atoms with E-state index in [1.165, 1.54) is 0 Å². The van der Waals surface area contributed by atoms with Crippen LogP contribution < -0.4 is 10.1 Å². The van der Waals surface area contributed by atoms with Crippen LogP contribution in [0, 0.1) is 12.8 Å². The number of nitrogens with one attached hydrogen (secondary N) is 1. The smallest absolute Gasteiger partial charge is 0.228 e. The summed E-state index contributed by atoms with van der Waals surface area (Å²) < 4.78 is 14.1. The minimum absolute atomic E-state index is 0.0624. The molecule has 0 radical (unpaired) electrons. The SMILES string of the molecule is Cc1cc(-c2ccn3nc(NC(=O)C4CC4)cc3c2)c(OC2C[C@H]3COC[C@@H](C2)N3C)cn1. The first kappa shape index (κ1) is 20.6. The zero-order valence-corrected chi connectivity index (χ0v) is 19.0. The molecule has 3 aromatic heterocycles. The van der Waals surface area contributed by atoms with Gasteiger partial charge in [-0.25, -0.2) is 4.52 Å². The number of pyridine rings is 2. The fourth-order valence-electron chi connectivity index (χ4n) is 4.98. The van der Waals surface area contributed by atoms with E-state index in [-0.39, 0.29) is 17.9 Å². The van der Waals surface area contributed by atoms with E-state index in [0.29, 0.717) is 17.9 Å². The van der Waals surface area contributed by atoms with Crippen LogP contribution in [0.5, 0.6) is 5.75 Å². The molecule has 8 nitrogen and oxygen atoms in total. The fraction of sp³-hybridized carbons (Fsp3) is 0.480. The Hall–Kier alpha value is -2.97. The van der Waals surface area contributed by atoms with Crippen molar-refractivity contribution >= 4 is 17.2 Å². The largest absolute Gasteiger partial charge is 0.488 e. The molecule has 8 heteroatoms. The van der Waals surface area contributed by atoms with E-state index in [1.54, 1.807) is 4.52 Å². The zero-order chi connectivity index (χ0) is 22.5. The number of aromatic nitrogens is 3. The van der Waals surface area contributed by atoms with Crippen LogP contribution in [0.4, 0.5) is 5.82 Å². The van der Waals surface area contributed by atoms with Gasteiger partial charge in [0, 0.05) is 54.4 Å². The van der Waals surface area contributed by atoms with Gasteiger partial charge in [0.05, 0.1) is 24.9 Å². The number of piperidine rings is 1. The highest BCUT2D eigenvalue weighted by molar-refractivity contribution is 5.93. The molecule has 6 rings (SSSR count). The van der Waals surface area contributed by atoms with Gasteiger partial charge in [-0.15, -0.1) is 0 Å². The average Bonchev–Trinajstić information content (AvgIpc) is 3.56. The number of hydrogen-bond donors (Lipinski definition) is 1. The molecule has 1 unspecified atom stereocenters. The standard InChI is InChI=1S/C25H29N5O3/c1-15-7-22(23(12-26-15)33-21-9-19-13-32-14-20(10-21)29(19)2)17-5-6-30-18(8-17)11-24(28-30)27-25(31)16-3-4-16/h5-8,11-12,16,19-21H,3-4,9-10,13-14H2,1-2H3,(H,27,28,31)/t19-,20+,21?. The van der Waals surface area contributed by atoms with Crippen LogP contribution in [-0.4, -0.2) is 63.9 Å². The minimum atomic E-state index is 0.0624. The molecule has 3 atom stereocenters. The van der Waals surface area contributed by atoms with Gasteiger partial charge in [0.1, 0.15) is 11.9 Å². The molecule has 3 aromatic rings. The van der Waals surface area contributed by atoms with E-state index in [0.717, 1.165) is 67.0 Å². The van der Waals surface area contributed by atoms with Gasteiger partial charge in [0.2, 0.25) is 5.91 Å². The Labute approximate surface area is 192 Å². The maximum absolute atomic E-state index is 12.1. The zero-order valence-electron chi connectivity index (χ0n) is 19.0. The number of morpholine rings is 1. The Morgan fingerprint density at radius 3 is 2.73 bits per heavy atom. The Bertz CT molecular complexity index is 1190. The summed E-state index contributed by atoms with van der Waals surface area (Å²) in [6, 6.07) is 8.90. The average molecular weight is 448 g/mol. The van der Waals surface area contributed by atoms with Crippen molar-refractivity contribution in [2.45, 2.75) is 50.8 Å². The predicted molar refractivity (Wildman–Crippen MR) is 124 cm³/mol. The van der Waals surface area contributed by atoms with Gasteiger partial charge in [-0.3, -0.25) is 14.7 Å². The van der Waals surface area contributed by atoms with E-state index in [4.69, 9.17) is 9.47 Å². The van der Waals surface area contributed by atoms with Crippen molar-refractivity contribution in [3.63, 3.8) is 0 Å². The molecule has 2 saturated heterocycles. The summed E-state index contributed by atoms with van der Waals surface area (Å²) in [6.45, 7) is 3.53. The molecule has 1 N–H and O–H groups in total. The molecule has 172 valence electrons. The summed E-state index contributed by atoms with van der Waals surface area (Å²) >= 11 is 0. The number of anilines is 1. The molecule has 0 aromatic carbocycles. The van der Waals surface area contributed by atoms with E-state index >= 15 is 0 Å². The van der Waals surface area contributed by atoms with Crippen LogP contribution in [0.2, 0.25) is 0 Å². The third-order valence-corrected chi connectivity index (χ3v) is 7.11. The number of ether oxygens (including phenoxy) is 2. The maximum atomic E-state index is 12.1. The number of amides is 1. The van der Waals surface area contributed by atoms with Crippen LogP contribution in [0.1, 0.15) is 31.4 Å². The van der Waals surface area contributed by atoms with Crippen LogP contribution in [0.25, 0.3) is 16.6 Å². The Balaban J connectivity index is 1.27. The summed E-state index contributed by atoms with van der Waals surface area (Å²) in [6.07, 6.45) is 7.76. The first-order chi connectivity index (χ1) is 16.0. The summed E-state index contributed by atoms with van der Waals surface area (Å²) in [7, 11) is 2.19. The lowest BCUT2D eigenvalue weighted by Crippen LogP contribution is -2.57. The van der Waals surface area contributed by atoms with Crippen molar-refractivity contribution < 1.29 is 14.3 Å². The summed E-state index contributed by atoms with van der Waals surface area (Å²) in [5.74, 6) is 1.61. The van der Waals surface area contributed by atoms with Gasteiger partial charge in [-0.2, -0.15) is 5.10 Å². The third kappa shape index (κ3) is 4.09. The number of rotatable bonds is 5. The number of carbonyl (C=O) groups is 1. The second-order valence-corrected chi connectivity index (χ2v) is 9.62. The fourth-order valence-corrected chi connectivity index (χ4v) is 4.98. The number of hydrogen-bond acceptors (Lipinski definition) is 6. The molecule has 1 amide bonds. The molecular formula is C25H29N5O3. The first-order valence-electron chi connectivity index (χ1n) is 11.8. The van der Waals surface area contributed by atoms with Gasteiger partial charge < -0.3 is 14.8 Å². The van der Waals surface area contributed by atoms with Crippen LogP contribution in [0.15, 0.2) is 36.7 Å². The van der Waals surface area contributed by atoms with Crippen molar-refractivity contribution in [3.05, 3.63) is 42.4 Å². The second kappa shape index (κ2) is 8.11. The molecular weight excluding hydrogens is 418 g/mol. The topological polar surface area (TPSA) is 81.0 Å². The van der Waals surface area contributed by atoms with Crippen molar-refractivity contribution in [3.8, 4) is 16.9 Å². The summed E-state index contributed by atoms with van der Waals surface area (Å²) in [5.41, 5.74) is 3.93. The van der Waals surface area contributed by atoms with E-state index in [9.17, 15) is 4.79 Å². The molecule has 2 bridgehead atoms. The van der Waals surface area contributed by atoms with Crippen molar-refractivity contribution in [1.29, 1.82) is 0 Å². The van der Waals surface area contributed by atoms with Crippen LogP contribution in [-0.2, 0) is 9.53 Å². The van der Waals surface area contributed by atoms with E-state index in [1.807, 2.05) is 31.5 Å². The Kier molecular flexibility index (Phi) is 5.07. The number of fused-ring (bicyclic) bond motifs is 3. The molecule has 3 fully saturated rings. The number of nitrogens with zero attached hydrogens (tertiary/aromatic N) is 4. The van der Waals surface area contributed by atoms with Crippen LogP contribution in [0.3, 0.4) is 0 Å². The van der Waals surface area contributed by atoms with Gasteiger partial charge in [-0.05, 0) is 50.6 Å². The molecule has 5 heterocycles.